The molecule has 0 saturated carbocycles. The van der Waals surface area contributed by atoms with Crippen LogP contribution in [0, 0.1) is 10.1 Å². The number of fused-ring (bicyclic) bond motifs is 1. The van der Waals surface area contributed by atoms with Crippen LogP contribution >= 0.6 is 11.8 Å². The molecule has 4 rings (SSSR count). The summed E-state index contributed by atoms with van der Waals surface area (Å²) in [5, 5.41) is 18.7. The lowest BCUT2D eigenvalue weighted by molar-refractivity contribution is -0.384. The van der Waals surface area contributed by atoms with Gasteiger partial charge in [0.05, 0.1) is 10.2 Å². The molecule has 0 N–H and O–H groups in total. The van der Waals surface area contributed by atoms with Crippen molar-refractivity contribution >= 4 is 29.0 Å². The number of nitro groups is 1. The van der Waals surface area contributed by atoms with Crippen molar-refractivity contribution in [2.24, 2.45) is 0 Å². The van der Waals surface area contributed by atoms with E-state index < -0.39 is 10.2 Å². The molecule has 142 valence electrons. The van der Waals surface area contributed by atoms with Gasteiger partial charge in [0.2, 0.25) is 11.8 Å². The predicted molar refractivity (Wildman–Crippen MR) is 104 cm³/mol. The van der Waals surface area contributed by atoms with Crippen molar-refractivity contribution in [2.75, 3.05) is 11.4 Å². The van der Waals surface area contributed by atoms with Gasteiger partial charge >= 0.3 is 0 Å². The molecule has 0 unspecified atom stereocenters. The standard InChI is InChI=1S/C19H16N4O4S/c1-12(18(24)22-10-9-13-5-2-3-8-16(13)22)28-19-21-20-17(27-19)14-6-4-7-15(11-14)23(25)26/h2-8,11-12H,9-10H2,1H3/t12-/m0/s1. The van der Waals surface area contributed by atoms with E-state index in [0.717, 1.165) is 12.1 Å². The molecule has 1 atom stereocenters. The largest absolute Gasteiger partial charge is 0.411 e. The molecular formula is C19H16N4O4S. The SMILES string of the molecule is C[C@H](Sc1nnc(-c2cccc([N+](=O)[O-])c2)o1)C(=O)N1CCc2ccccc21. The number of nitro benzene ring substituents is 1. The van der Waals surface area contributed by atoms with E-state index >= 15 is 0 Å². The molecule has 0 bridgehead atoms. The van der Waals surface area contributed by atoms with Gasteiger partial charge in [0.1, 0.15) is 0 Å². The van der Waals surface area contributed by atoms with E-state index in [1.54, 1.807) is 24.0 Å². The highest BCUT2D eigenvalue weighted by Gasteiger charge is 2.29. The van der Waals surface area contributed by atoms with Crippen LogP contribution < -0.4 is 4.90 Å². The van der Waals surface area contributed by atoms with Gasteiger partial charge in [0, 0.05) is 29.9 Å². The average Bonchev–Trinajstić information content (AvgIpc) is 3.34. The highest BCUT2D eigenvalue weighted by atomic mass is 32.2. The number of aromatic nitrogens is 2. The minimum Gasteiger partial charge on any atom is -0.411 e. The van der Waals surface area contributed by atoms with Crippen molar-refractivity contribution in [3.05, 3.63) is 64.2 Å². The molecule has 2 heterocycles. The molecule has 0 radical (unpaired) electrons. The third-order valence-corrected chi connectivity index (χ3v) is 5.41. The van der Waals surface area contributed by atoms with Crippen LogP contribution in [0.25, 0.3) is 11.5 Å². The molecule has 1 aliphatic heterocycles. The van der Waals surface area contributed by atoms with Crippen LogP contribution in [0.3, 0.4) is 0 Å². The summed E-state index contributed by atoms with van der Waals surface area (Å²) in [6.45, 7) is 2.46. The normalized spacial score (nSPS) is 14.0. The number of hydrogen-bond donors (Lipinski definition) is 0. The van der Waals surface area contributed by atoms with Gasteiger partial charge in [-0.25, -0.2) is 0 Å². The molecule has 0 fully saturated rings. The monoisotopic (exact) mass is 396 g/mol. The molecule has 3 aromatic rings. The lowest BCUT2D eigenvalue weighted by Gasteiger charge is -2.20. The molecule has 0 aliphatic carbocycles. The smallest absolute Gasteiger partial charge is 0.277 e. The zero-order valence-corrected chi connectivity index (χ0v) is 15.8. The number of hydrogen-bond acceptors (Lipinski definition) is 7. The first kappa shape index (κ1) is 18.2. The summed E-state index contributed by atoms with van der Waals surface area (Å²) >= 11 is 1.17. The Labute approximate surface area is 164 Å². The minimum absolute atomic E-state index is 0.0231. The highest BCUT2D eigenvalue weighted by molar-refractivity contribution is 8.00. The molecule has 1 aliphatic rings. The van der Waals surface area contributed by atoms with Crippen LogP contribution in [0.2, 0.25) is 0 Å². The maximum atomic E-state index is 12.8. The number of amides is 1. The average molecular weight is 396 g/mol. The summed E-state index contributed by atoms with van der Waals surface area (Å²) in [6.07, 6.45) is 0.844. The second-order valence-electron chi connectivity index (χ2n) is 6.31. The third kappa shape index (κ3) is 3.48. The lowest BCUT2D eigenvalue weighted by Crippen LogP contribution is -2.35. The number of rotatable bonds is 5. The van der Waals surface area contributed by atoms with E-state index in [1.807, 2.05) is 24.3 Å². The van der Waals surface area contributed by atoms with Crippen LogP contribution in [0.1, 0.15) is 12.5 Å². The van der Waals surface area contributed by atoms with E-state index in [-0.39, 0.29) is 22.7 Å². The van der Waals surface area contributed by atoms with E-state index in [2.05, 4.69) is 10.2 Å². The van der Waals surface area contributed by atoms with Crippen LogP contribution in [0.15, 0.2) is 58.2 Å². The molecule has 9 heteroatoms. The second kappa shape index (κ2) is 7.43. The van der Waals surface area contributed by atoms with E-state index in [9.17, 15) is 14.9 Å². The number of thioether (sulfide) groups is 1. The maximum Gasteiger partial charge on any atom is 0.277 e. The van der Waals surface area contributed by atoms with E-state index in [4.69, 9.17) is 4.42 Å². The van der Waals surface area contributed by atoms with Crippen molar-refractivity contribution in [3.63, 3.8) is 0 Å². The molecule has 0 spiro atoms. The van der Waals surface area contributed by atoms with Crippen LogP contribution in [-0.4, -0.2) is 32.8 Å². The Morgan fingerprint density at radius 2 is 2.07 bits per heavy atom. The summed E-state index contributed by atoms with van der Waals surface area (Å²) < 4.78 is 5.60. The van der Waals surface area contributed by atoms with Crippen molar-refractivity contribution in [1.29, 1.82) is 0 Å². The number of benzene rings is 2. The Morgan fingerprint density at radius 1 is 1.25 bits per heavy atom. The number of carbonyl (C=O) groups is 1. The van der Waals surface area contributed by atoms with Crippen molar-refractivity contribution in [1.82, 2.24) is 10.2 Å². The van der Waals surface area contributed by atoms with Crippen LogP contribution in [0.5, 0.6) is 0 Å². The molecule has 0 saturated heterocycles. The summed E-state index contributed by atoms with van der Waals surface area (Å²) in [5.41, 5.74) is 2.52. The Bertz CT molecular complexity index is 1050. The molecule has 28 heavy (non-hydrogen) atoms. The second-order valence-corrected chi connectivity index (χ2v) is 7.60. The summed E-state index contributed by atoms with van der Waals surface area (Å²) in [4.78, 5) is 25.1. The zero-order valence-electron chi connectivity index (χ0n) is 14.9. The Hall–Kier alpha value is -3.20. The van der Waals surface area contributed by atoms with Gasteiger partial charge in [-0.1, -0.05) is 36.0 Å². The number of non-ortho nitro benzene ring substituents is 1. The Morgan fingerprint density at radius 3 is 2.89 bits per heavy atom. The topological polar surface area (TPSA) is 102 Å². The lowest BCUT2D eigenvalue weighted by atomic mass is 10.2. The van der Waals surface area contributed by atoms with Crippen LogP contribution in [0.4, 0.5) is 11.4 Å². The first-order valence-corrected chi connectivity index (χ1v) is 9.55. The Balaban J connectivity index is 1.47. The fourth-order valence-electron chi connectivity index (χ4n) is 3.11. The van der Waals surface area contributed by atoms with E-state index in [0.29, 0.717) is 12.1 Å². The van der Waals surface area contributed by atoms with E-state index in [1.165, 1.54) is 29.5 Å². The van der Waals surface area contributed by atoms with Crippen LogP contribution in [-0.2, 0) is 11.2 Å². The molecule has 8 nitrogen and oxygen atoms in total. The summed E-state index contributed by atoms with van der Waals surface area (Å²) in [6, 6.07) is 13.9. The number of para-hydroxylation sites is 1. The van der Waals surface area contributed by atoms with Gasteiger partial charge in [-0.05, 0) is 31.0 Å². The predicted octanol–water partition coefficient (Wildman–Crippen LogP) is 3.71. The van der Waals surface area contributed by atoms with Crippen molar-refractivity contribution in [3.8, 4) is 11.5 Å². The zero-order chi connectivity index (χ0) is 19.7. The van der Waals surface area contributed by atoms with Crippen molar-refractivity contribution < 1.29 is 14.1 Å². The number of anilines is 1. The third-order valence-electron chi connectivity index (χ3n) is 4.49. The Kier molecular flexibility index (Phi) is 4.82. The molecule has 1 amide bonds. The van der Waals surface area contributed by atoms with Gasteiger partial charge in [-0.15, -0.1) is 10.2 Å². The van der Waals surface area contributed by atoms with Gasteiger partial charge in [0.25, 0.3) is 10.9 Å². The van der Waals surface area contributed by atoms with Gasteiger partial charge < -0.3 is 9.32 Å². The summed E-state index contributed by atoms with van der Waals surface area (Å²) in [7, 11) is 0. The molecular weight excluding hydrogens is 380 g/mol. The minimum atomic E-state index is -0.482. The highest BCUT2D eigenvalue weighted by Crippen LogP contribution is 2.32. The fourth-order valence-corrected chi connectivity index (χ4v) is 3.86. The van der Waals surface area contributed by atoms with Gasteiger partial charge in [-0.3, -0.25) is 14.9 Å². The number of nitrogens with zero attached hydrogens (tertiary/aromatic N) is 4. The quantitative estimate of drug-likeness (QED) is 0.368. The maximum absolute atomic E-state index is 12.8. The first-order chi connectivity index (χ1) is 13.5. The van der Waals surface area contributed by atoms with Crippen molar-refractivity contribution in [2.45, 2.75) is 23.8 Å². The molecule has 2 aromatic carbocycles. The fraction of sp³-hybridized carbons (Fsp3) is 0.211. The van der Waals surface area contributed by atoms with Gasteiger partial charge in [0.15, 0.2) is 0 Å². The first-order valence-electron chi connectivity index (χ1n) is 8.67. The summed E-state index contributed by atoms with van der Waals surface area (Å²) in [5.74, 6) is 0.155. The molecule has 1 aromatic heterocycles. The van der Waals surface area contributed by atoms with Gasteiger partial charge in [-0.2, -0.15) is 0 Å². The number of carbonyl (C=O) groups excluding carboxylic acids is 1.